The molecule has 0 atom stereocenters. The predicted octanol–water partition coefficient (Wildman–Crippen LogP) is 1.52. The molecule has 0 aliphatic rings. The number of nitrogens with one attached hydrogen (secondary N) is 2. The highest BCUT2D eigenvalue weighted by Crippen LogP contribution is 2.10. The average molecular weight is 342 g/mol. The van der Waals surface area contributed by atoms with Crippen molar-refractivity contribution in [3.63, 3.8) is 0 Å². The summed E-state index contributed by atoms with van der Waals surface area (Å²) in [4.78, 5) is 12.5. The van der Waals surface area contributed by atoms with E-state index in [1.807, 2.05) is 6.20 Å². The van der Waals surface area contributed by atoms with E-state index < -0.39 is 0 Å². The second-order valence-electron chi connectivity index (χ2n) is 5.45. The Kier molecular flexibility index (Phi) is 10.6. The Balaban J connectivity index is 2.26. The predicted molar refractivity (Wildman–Crippen MR) is 98.5 cm³/mol. The van der Waals surface area contributed by atoms with Gasteiger partial charge in [-0.05, 0) is 27.3 Å². The number of likely N-dealkylation sites (N-methyl/N-ethyl adjacent to an activating group) is 1. The molecule has 1 heterocycles. The number of nitrogens with zero attached hydrogens (tertiary/aromatic N) is 3. The van der Waals surface area contributed by atoms with Gasteiger partial charge in [0.25, 0.3) is 0 Å². The van der Waals surface area contributed by atoms with E-state index in [9.17, 15) is 0 Å². The van der Waals surface area contributed by atoms with Gasteiger partial charge in [-0.3, -0.25) is 4.99 Å². The average Bonchev–Trinajstić information content (AvgIpc) is 2.93. The minimum atomic E-state index is 0.787. The summed E-state index contributed by atoms with van der Waals surface area (Å²) in [6, 6.07) is 0. The SMILES string of the molecule is CCNC(=NCCN(C)CCCOC)NCCc1ncc(C)s1. The smallest absolute Gasteiger partial charge is 0.191 e. The zero-order chi connectivity index (χ0) is 16.9. The fourth-order valence-corrected chi connectivity index (χ4v) is 2.86. The van der Waals surface area contributed by atoms with Crippen molar-refractivity contribution in [1.29, 1.82) is 0 Å². The van der Waals surface area contributed by atoms with Gasteiger partial charge in [0.05, 0.1) is 11.6 Å². The Morgan fingerprint density at radius 3 is 2.87 bits per heavy atom. The van der Waals surface area contributed by atoms with Crippen LogP contribution in [0.2, 0.25) is 0 Å². The lowest BCUT2D eigenvalue weighted by Gasteiger charge is -2.16. The second kappa shape index (κ2) is 12.3. The van der Waals surface area contributed by atoms with Crippen LogP contribution < -0.4 is 10.6 Å². The topological polar surface area (TPSA) is 61.8 Å². The highest BCUT2D eigenvalue weighted by molar-refractivity contribution is 7.11. The molecule has 1 aromatic heterocycles. The van der Waals surface area contributed by atoms with Gasteiger partial charge in [0, 0.05) is 57.4 Å². The van der Waals surface area contributed by atoms with E-state index >= 15 is 0 Å². The maximum atomic E-state index is 5.07. The maximum absolute atomic E-state index is 5.07. The molecule has 132 valence electrons. The number of aryl methyl sites for hydroxylation is 1. The van der Waals surface area contributed by atoms with Crippen LogP contribution in [-0.4, -0.2) is 69.3 Å². The molecule has 0 aliphatic heterocycles. The van der Waals surface area contributed by atoms with Gasteiger partial charge in [-0.1, -0.05) is 0 Å². The molecule has 2 N–H and O–H groups in total. The van der Waals surface area contributed by atoms with E-state index in [2.05, 4.69) is 46.4 Å². The first kappa shape index (κ1) is 19.9. The Morgan fingerprint density at radius 1 is 1.39 bits per heavy atom. The third-order valence-corrected chi connectivity index (χ3v) is 4.26. The Hall–Kier alpha value is -1.18. The maximum Gasteiger partial charge on any atom is 0.191 e. The molecule has 7 heteroatoms. The zero-order valence-electron chi connectivity index (χ0n) is 14.9. The van der Waals surface area contributed by atoms with Gasteiger partial charge < -0.3 is 20.3 Å². The lowest BCUT2D eigenvalue weighted by molar-refractivity contribution is 0.180. The molecule has 1 aromatic rings. The quantitative estimate of drug-likeness (QED) is 0.363. The third-order valence-electron chi connectivity index (χ3n) is 3.28. The summed E-state index contributed by atoms with van der Waals surface area (Å²) in [5.41, 5.74) is 0. The van der Waals surface area contributed by atoms with E-state index in [0.29, 0.717) is 0 Å². The number of thiazole rings is 1. The number of guanidine groups is 1. The normalized spacial score (nSPS) is 12.0. The number of aliphatic imine (C=N–C) groups is 1. The molecule has 0 saturated carbocycles. The van der Waals surface area contributed by atoms with Gasteiger partial charge >= 0.3 is 0 Å². The molecule has 6 nitrogen and oxygen atoms in total. The van der Waals surface area contributed by atoms with Crippen molar-refractivity contribution in [3.8, 4) is 0 Å². The number of hydrogen-bond donors (Lipinski definition) is 2. The minimum absolute atomic E-state index is 0.787. The first-order chi connectivity index (χ1) is 11.2. The van der Waals surface area contributed by atoms with Crippen molar-refractivity contribution in [3.05, 3.63) is 16.1 Å². The largest absolute Gasteiger partial charge is 0.385 e. The van der Waals surface area contributed by atoms with Gasteiger partial charge in [-0.2, -0.15) is 0 Å². The van der Waals surface area contributed by atoms with Crippen LogP contribution in [0.3, 0.4) is 0 Å². The Labute approximate surface area is 144 Å². The third kappa shape index (κ3) is 9.53. The summed E-state index contributed by atoms with van der Waals surface area (Å²) in [6.07, 6.45) is 3.92. The van der Waals surface area contributed by atoms with Crippen molar-refractivity contribution in [1.82, 2.24) is 20.5 Å². The van der Waals surface area contributed by atoms with Gasteiger partial charge in [0.2, 0.25) is 0 Å². The fraction of sp³-hybridized carbons (Fsp3) is 0.750. The van der Waals surface area contributed by atoms with Crippen LogP contribution in [-0.2, 0) is 11.2 Å². The van der Waals surface area contributed by atoms with E-state index in [-0.39, 0.29) is 0 Å². The molecular formula is C16H31N5OS. The van der Waals surface area contributed by atoms with Crippen molar-refractivity contribution in [2.45, 2.75) is 26.7 Å². The second-order valence-corrected chi connectivity index (χ2v) is 6.77. The lowest BCUT2D eigenvalue weighted by Crippen LogP contribution is -2.39. The van der Waals surface area contributed by atoms with Crippen molar-refractivity contribution in [2.75, 3.05) is 53.5 Å². The number of hydrogen-bond acceptors (Lipinski definition) is 5. The Bertz CT molecular complexity index is 449. The van der Waals surface area contributed by atoms with Crippen molar-refractivity contribution in [2.24, 2.45) is 4.99 Å². The van der Waals surface area contributed by atoms with Crippen molar-refractivity contribution < 1.29 is 4.74 Å². The van der Waals surface area contributed by atoms with Crippen LogP contribution >= 0.6 is 11.3 Å². The molecule has 0 spiro atoms. The molecule has 0 fully saturated rings. The van der Waals surface area contributed by atoms with E-state index in [1.54, 1.807) is 18.4 Å². The van der Waals surface area contributed by atoms with Crippen LogP contribution in [0.4, 0.5) is 0 Å². The molecule has 1 rings (SSSR count). The molecule has 23 heavy (non-hydrogen) atoms. The van der Waals surface area contributed by atoms with Crippen LogP contribution in [0, 0.1) is 6.92 Å². The number of rotatable bonds is 11. The molecule has 0 unspecified atom stereocenters. The highest BCUT2D eigenvalue weighted by Gasteiger charge is 2.02. The molecule has 0 saturated heterocycles. The fourth-order valence-electron chi connectivity index (χ4n) is 2.07. The van der Waals surface area contributed by atoms with E-state index in [1.165, 1.54) is 9.88 Å². The molecule has 0 amide bonds. The highest BCUT2D eigenvalue weighted by atomic mass is 32.1. The van der Waals surface area contributed by atoms with Gasteiger partial charge in [-0.15, -0.1) is 11.3 Å². The molecule has 0 radical (unpaired) electrons. The summed E-state index contributed by atoms with van der Waals surface area (Å²) < 4.78 is 5.07. The lowest BCUT2D eigenvalue weighted by atomic mass is 10.4. The standard InChI is InChI=1S/C16H31N5OS/c1-5-17-16(18-8-7-15-20-13-14(2)23-15)19-9-11-21(3)10-6-12-22-4/h13H,5-12H2,1-4H3,(H2,17,18,19). The van der Waals surface area contributed by atoms with Crippen LogP contribution in [0.5, 0.6) is 0 Å². The van der Waals surface area contributed by atoms with Crippen LogP contribution in [0.25, 0.3) is 0 Å². The minimum Gasteiger partial charge on any atom is -0.385 e. The zero-order valence-corrected chi connectivity index (χ0v) is 15.7. The summed E-state index contributed by atoms with van der Waals surface area (Å²) in [6.45, 7) is 9.47. The molecule has 0 bridgehead atoms. The van der Waals surface area contributed by atoms with E-state index in [0.717, 1.165) is 58.1 Å². The number of methoxy groups -OCH3 is 1. The van der Waals surface area contributed by atoms with Gasteiger partial charge in [0.1, 0.15) is 0 Å². The van der Waals surface area contributed by atoms with Crippen LogP contribution in [0.1, 0.15) is 23.2 Å². The van der Waals surface area contributed by atoms with E-state index in [4.69, 9.17) is 4.74 Å². The summed E-state index contributed by atoms with van der Waals surface area (Å²) in [7, 11) is 3.86. The summed E-state index contributed by atoms with van der Waals surface area (Å²) >= 11 is 1.76. The van der Waals surface area contributed by atoms with Gasteiger partial charge in [-0.25, -0.2) is 4.98 Å². The summed E-state index contributed by atoms with van der Waals surface area (Å²) in [5, 5.41) is 7.83. The van der Waals surface area contributed by atoms with Gasteiger partial charge in [0.15, 0.2) is 5.96 Å². The molecular weight excluding hydrogens is 310 g/mol. The first-order valence-electron chi connectivity index (χ1n) is 8.26. The number of ether oxygens (including phenoxy) is 1. The van der Waals surface area contributed by atoms with Crippen molar-refractivity contribution >= 4 is 17.3 Å². The number of aromatic nitrogens is 1. The molecule has 0 aromatic carbocycles. The Morgan fingerprint density at radius 2 is 2.22 bits per heavy atom. The monoisotopic (exact) mass is 341 g/mol. The van der Waals surface area contributed by atoms with Crippen LogP contribution in [0.15, 0.2) is 11.2 Å². The summed E-state index contributed by atoms with van der Waals surface area (Å²) in [5.74, 6) is 0.881. The molecule has 0 aliphatic carbocycles. The first-order valence-corrected chi connectivity index (χ1v) is 9.08.